The number of ether oxygens (including phenoxy) is 1. The van der Waals surface area contributed by atoms with Crippen LogP contribution in [-0.4, -0.2) is 43.3 Å². The van der Waals surface area contributed by atoms with Crippen molar-refractivity contribution < 1.29 is 4.74 Å². The molecular weight excluding hydrogens is 212 g/mol. The van der Waals surface area contributed by atoms with Crippen LogP contribution in [0.25, 0.3) is 0 Å². The van der Waals surface area contributed by atoms with Gasteiger partial charge in [0.25, 0.3) is 0 Å². The SMILES string of the molecule is CCOCC(C)(CN)N(C)C1CCCC(C)C1. The van der Waals surface area contributed by atoms with Crippen molar-refractivity contribution in [1.29, 1.82) is 0 Å². The lowest BCUT2D eigenvalue weighted by atomic mass is 9.84. The van der Waals surface area contributed by atoms with Gasteiger partial charge in [-0.05, 0) is 39.7 Å². The molecule has 1 rings (SSSR count). The fourth-order valence-corrected chi connectivity index (χ4v) is 2.82. The highest BCUT2D eigenvalue weighted by molar-refractivity contribution is 4.91. The van der Waals surface area contributed by atoms with Crippen LogP contribution < -0.4 is 5.73 Å². The molecule has 0 aromatic carbocycles. The smallest absolute Gasteiger partial charge is 0.0659 e. The third-order valence-electron chi connectivity index (χ3n) is 4.36. The van der Waals surface area contributed by atoms with Gasteiger partial charge < -0.3 is 10.5 Å². The van der Waals surface area contributed by atoms with Gasteiger partial charge in [0.2, 0.25) is 0 Å². The highest BCUT2D eigenvalue weighted by Crippen LogP contribution is 2.30. The molecule has 0 saturated heterocycles. The first-order valence-electron chi connectivity index (χ1n) is 7.04. The lowest BCUT2D eigenvalue weighted by Crippen LogP contribution is -2.57. The molecule has 0 aromatic rings. The Kier molecular flexibility index (Phi) is 5.90. The van der Waals surface area contributed by atoms with Crippen LogP contribution in [0.4, 0.5) is 0 Å². The van der Waals surface area contributed by atoms with Crippen molar-refractivity contribution >= 4 is 0 Å². The molecule has 3 heteroatoms. The van der Waals surface area contributed by atoms with Crippen molar-refractivity contribution in [2.45, 2.75) is 58.0 Å². The molecule has 3 unspecified atom stereocenters. The second-order valence-electron chi connectivity index (χ2n) is 5.87. The minimum atomic E-state index is -0.0161. The van der Waals surface area contributed by atoms with Crippen LogP contribution in [0.15, 0.2) is 0 Å². The van der Waals surface area contributed by atoms with Gasteiger partial charge in [-0.2, -0.15) is 0 Å². The molecular formula is C14H30N2O. The molecule has 0 aliphatic heterocycles. The number of hydrogen-bond acceptors (Lipinski definition) is 3. The molecule has 17 heavy (non-hydrogen) atoms. The number of likely N-dealkylation sites (N-methyl/N-ethyl adjacent to an activating group) is 1. The van der Waals surface area contributed by atoms with Crippen molar-refractivity contribution in [3.8, 4) is 0 Å². The summed E-state index contributed by atoms with van der Waals surface area (Å²) in [6.07, 6.45) is 5.35. The molecule has 102 valence electrons. The topological polar surface area (TPSA) is 38.5 Å². The van der Waals surface area contributed by atoms with E-state index in [1.54, 1.807) is 0 Å². The first-order chi connectivity index (χ1) is 8.03. The summed E-state index contributed by atoms with van der Waals surface area (Å²) < 4.78 is 5.61. The summed E-state index contributed by atoms with van der Waals surface area (Å²) in [4.78, 5) is 2.47. The highest BCUT2D eigenvalue weighted by Gasteiger charge is 2.34. The number of hydrogen-bond donors (Lipinski definition) is 1. The van der Waals surface area contributed by atoms with E-state index in [1.807, 2.05) is 6.92 Å². The Bertz CT molecular complexity index is 222. The first-order valence-corrected chi connectivity index (χ1v) is 7.04. The molecule has 3 nitrogen and oxygen atoms in total. The van der Waals surface area contributed by atoms with Crippen molar-refractivity contribution in [3.05, 3.63) is 0 Å². The van der Waals surface area contributed by atoms with Gasteiger partial charge in [-0.3, -0.25) is 4.90 Å². The molecule has 1 saturated carbocycles. The van der Waals surface area contributed by atoms with E-state index in [4.69, 9.17) is 10.5 Å². The maximum atomic E-state index is 5.97. The molecule has 0 heterocycles. The van der Waals surface area contributed by atoms with E-state index < -0.39 is 0 Å². The third kappa shape index (κ3) is 3.94. The summed E-state index contributed by atoms with van der Waals surface area (Å²) in [6.45, 7) is 8.80. The zero-order valence-corrected chi connectivity index (χ0v) is 12.0. The van der Waals surface area contributed by atoms with Gasteiger partial charge in [0, 0.05) is 19.2 Å². The quantitative estimate of drug-likeness (QED) is 0.776. The van der Waals surface area contributed by atoms with Crippen LogP contribution in [0.5, 0.6) is 0 Å². The first kappa shape index (κ1) is 14.9. The van der Waals surface area contributed by atoms with E-state index in [0.29, 0.717) is 12.6 Å². The minimum Gasteiger partial charge on any atom is -0.380 e. The van der Waals surface area contributed by atoms with Gasteiger partial charge in [-0.25, -0.2) is 0 Å². The molecule has 0 bridgehead atoms. The van der Waals surface area contributed by atoms with Crippen LogP contribution in [0, 0.1) is 5.92 Å². The lowest BCUT2D eigenvalue weighted by molar-refractivity contribution is -0.0103. The standard InChI is InChI=1S/C14H30N2O/c1-5-17-11-14(3,10-15)16(4)13-8-6-7-12(2)9-13/h12-13H,5-11,15H2,1-4H3. The van der Waals surface area contributed by atoms with Gasteiger partial charge in [-0.15, -0.1) is 0 Å². The van der Waals surface area contributed by atoms with E-state index in [1.165, 1.54) is 25.7 Å². The van der Waals surface area contributed by atoms with E-state index in [2.05, 4.69) is 25.8 Å². The summed E-state index contributed by atoms with van der Waals surface area (Å²) in [7, 11) is 2.22. The molecule has 1 fully saturated rings. The fraction of sp³-hybridized carbons (Fsp3) is 1.00. The van der Waals surface area contributed by atoms with E-state index >= 15 is 0 Å². The largest absolute Gasteiger partial charge is 0.380 e. The number of nitrogens with two attached hydrogens (primary N) is 1. The van der Waals surface area contributed by atoms with E-state index in [9.17, 15) is 0 Å². The zero-order chi connectivity index (χ0) is 12.9. The Balaban J connectivity index is 2.60. The van der Waals surface area contributed by atoms with Crippen LogP contribution in [0.3, 0.4) is 0 Å². The average Bonchev–Trinajstić information content (AvgIpc) is 2.35. The van der Waals surface area contributed by atoms with E-state index in [-0.39, 0.29) is 5.54 Å². The lowest BCUT2D eigenvalue weighted by Gasteiger charge is -2.45. The highest BCUT2D eigenvalue weighted by atomic mass is 16.5. The van der Waals surface area contributed by atoms with Gasteiger partial charge in [0.05, 0.1) is 12.1 Å². The fourth-order valence-electron chi connectivity index (χ4n) is 2.82. The Labute approximate surface area is 107 Å². The van der Waals surface area contributed by atoms with Crippen LogP contribution in [-0.2, 0) is 4.74 Å². The number of rotatable bonds is 6. The molecule has 0 amide bonds. The molecule has 3 atom stereocenters. The van der Waals surface area contributed by atoms with Crippen molar-refractivity contribution in [1.82, 2.24) is 4.90 Å². The maximum absolute atomic E-state index is 5.97. The summed E-state index contributed by atoms with van der Waals surface area (Å²) >= 11 is 0. The molecule has 1 aliphatic carbocycles. The predicted molar refractivity (Wildman–Crippen MR) is 73.1 cm³/mol. The van der Waals surface area contributed by atoms with Crippen molar-refractivity contribution in [2.75, 3.05) is 26.8 Å². The zero-order valence-electron chi connectivity index (χ0n) is 12.0. The van der Waals surface area contributed by atoms with Gasteiger partial charge in [-0.1, -0.05) is 19.8 Å². The monoisotopic (exact) mass is 242 g/mol. The van der Waals surface area contributed by atoms with Gasteiger partial charge in [0.1, 0.15) is 0 Å². The predicted octanol–water partition coefficient (Wildman–Crippen LogP) is 2.25. The maximum Gasteiger partial charge on any atom is 0.0659 e. The van der Waals surface area contributed by atoms with Gasteiger partial charge >= 0.3 is 0 Å². The third-order valence-corrected chi connectivity index (χ3v) is 4.36. The Morgan fingerprint density at radius 2 is 2.12 bits per heavy atom. The van der Waals surface area contributed by atoms with Crippen LogP contribution >= 0.6 is 0 Å². The summed E-state index contributed by atoms with van der Waals surface area (Å²) in [5.41, 5.74) is 5.95. The second-order valence-corrected chi connectivity index (χ2v) is 5.87. The average molecular weight is 242 g/mol. The molecule has 0 aromatic heterocycles. The summed E-state index contributed by atoms with van der Waals surface area (Å²) in [6, 6.07) is 0.674. The Morgan fingerprint density at radius 3 is 2.65 bits per heavy atom. The van der Waals surface area contributed by atoms with Crippen LogP contribution in [0.1, 0.15) is 46.5 Å². The minimum absolute atomic E-state index is 0.0161. The van der Waals surface area contributed by atoms with Crippen molar-refractivity contribution in [3.63, 3.8) is 0 Å². The number of nitrogens with zero attached hydrogens (tertiary/aromatic N) is 1. The van der Waals surface area contributed by atoms with E-state index in [0.717, 1.165) is 19.1 Å². The molecule has 1 aliphatic rings. The summed E-state index contributed by atoms with van der Waals surface area (Å²) in [5, 5.41) is 0. The molecule has 2 N–H and O–H groups in total. The van der Waals surface area contributed by atoms with Gasteiger partial charge in [0.15, 0.2) is 0 Å². The molecule has 0 spiro atoms. The molecule has 0 radical (unpaired) electrons. The van der Waals surface area contributed by atoms with Crippen LogP contribution in [0.2, 0.25) is 0 Å². The normalized spacial score (nSPS) is 29.3. The van der Waals surface area contributed by atoms with Crippen molar-refractivity contribution in [2.24, 2.45) is 11.7 Å². The summed E-state index contributed by atoms with van der Waals surface area (Å²) in [5.74, 6) is 0.852. The Morgan fingerprint density at radius 1 is 1.41 bits per heavy atom. The Hall–Kier alpha value is -0.120. The second kappa shape index (κ2) is 6.72.